The largest absolute Gasteiger partial charge is 0.370 e. The molecule has 2 aliphatic rings. The van der Waals surface area contributed by atoms with E-state index in [0.717, 1.165) is 24.4 Å². The quantitative estimate of drug-likeness (QED) is 0.817. The molecule has 7 heteroatoms. The zero-order chi connectivity index (χ0) is 13.2. The van der Waals surface area contributed by atoms with E-state index in [1.54, 1.807) is 18.0 Å². The van der Waals surface area contributed by atoms with E-state index in [4.69, 9.17) is 4.74 Å². The minimum atomic E-state index is 0.121. The Labute approximate surface area is 116 Å². The van der Waals surface area contributed by atoms with Crippen LogP contribution >= 0.6 is 11.8 Å². The molecule has 6 nitrogen and oxygen atoms in total. The van der Waals surface area contributed by atoms with Crippen molar-refractivity contribution in [3.63, 3.8) is 0 Å². The Hall–Kier alpha value is -1.08. The first-order chi connectivity index (χ1) is 9.29. The predicted octanol–water partition coefficient (Wildman–Crippen LogP) is 0.703. The van der Waals surface area contributed by atoms with Gasteiger partial charge < -0.3 is 9.64 Å². The fourth-order valence-electron chi connectivity index (χ4n) is 2.69. The van der Waals surface area contributed by atoms with Crippen molar-refractivity contribution in [2.24, 2.45) is 0 Å². The van der Waals surface area contributed by atoms with Gasteiger partial charge in [-0.15, -0.1) is 5.10 Å². The van der Waals surface area contributed by atoms with E-state index in [-0.39, 0.29) is 18.1 Å². The third-order valence-electron chi connectivity index (χ3n) is 3.71. The van der Waals surface area contributed by atoms with Crippen molar-refractivity contribution >= 4 is 17.7 Å². The molecule has 1 amide bonds. The minimum Gasteiger partial charge on any atom is -0.370 e. The van der Waals surface area contributed by atoms with E-state index in [2.05, 4.69) is 17.2 Å². The number of rotatable bonds is 3. The number of carbonyl (C=O) groups is 1. The molecule has 2 aliphatic heterocycles. The van der Waals surface area contributed by atoms with Crippen LogP contribution in [0.2, 0.25) is 0 Å². The van der Waals surface area contributed by atoms with Gasteiger partial charge in [-0.05, 0) is 12.2 Å². The standard InChI is InChI=1S/C12H18N4O2S/c1-2-19-8-12(17)15-4-3-11-10(6-15)16-9(7-18-11)5-13-14-16/h5,10-11H,2-4,6-8H2,1H3/t10-,11+/m0/s1. The summed E-state index contributed by atoms with van der Waals surface area (Å²) >= 11 is 1.67. The van der Waals surface area contributed by atoms with Crippen molar-refractivity contribution in [3.8, 4) is 0 Å². The molecule has 0 unspecified atom stereocenters. The monoisotopic (exact) mass is 282 g/mol. The lowest BCUT2D eigenvalue weighted by atomic mass is 10.0. The number of ether oxygens (including phenoxy) is 1. The summed E-state index contributed by atoms with van der Waals surface area (Å²) in [4.78, 5) is 14.0. The summed E-state index contributed by atoms with van der Waals surface area (Å²) in [5.41, 5.74) is 0.999. The second kappa shape index (κ2) is 5.50. The molecule has 1 fully saturated rings. The highest BCUT2D eigenvalue weighted by Gasteiger charge is 2.37. The molecule has 0 saturated carbocycles. The number of hydrogen-bond donors (Lipinski definition) is 0. The molecule has 19 heavy (non-hydrogen) atoms. The van der Waals surface area contributed by atoms with Gasteiger partial charge in [0.05, 0.1) is 36.4 Å². The molecule has 0 N–H and O–H groups in total. The average molecular weight is 282 g/mol. The van der Waals surface area contributed by atoms with E-state index in [0.29, 0.717) is 18.9 Å². The molecule has 0 bridgehead atoms. The van der Waals surface area contributed by atoms with Gasteiger partial charge in [0.1, 0.15) is 0 Å². The van der Waals surface area contributed by atoms with E-state index in [1.165, 1.54) is 0 Å². The molecule has 3 rings (SSSR count). The number of aromatic nitrogens is 3. The van der Waals surface area contributed by atoms with E-state index in [9.17, 15) is 4.79 Å². The van der Waals surface area contributed by atoms with Crippen molar-refractivity contribution in [3.05, 3.63) is 11.9 Å². The molecule has 104 valence electrons. The fourth-order valence-corrected chi connectivity index (χ4v) is 3.25. The summed E-state index contributed by atoms with van der Waals surface area (Å²) in [6.45, 7) is 4.12. The third kappa shape index (κ3) is 2.49. The van der Waals surface area contributed by atoms with Crippen LogP contribution in [0.25, 0.3) is 0 Å². The molecular formula is C12H18N4O2S. The second-order valence-electron chi connectivity index (χ2n) is 4.85. The Bertz CT molecular complexity index is 464. The highest BCUT2D eigenvalue weighted by Crippen LogP contribution is 2.30. The fraction of sp³-hybridized carbons (Fsp3) is 0.750. The summed E-state index contributed by atoms with van der Waals surface area (Å²) in [6, 6.07) is 0.121. The average Bonchev–Trinajstić information content (AvgIpc) is 2.93. The number of hydrogen-bond acceptors (Lipinski definition) is 5. The minimum absolute atomic E-state index is 0.121. The summed E-state index contributed by atoms with van der Waals surface area (Å²) in [7, 11) is 0. The molecule has 0 aromatic carbocycles. The maximum Gasteiger partial charge on any atom is 0.232 e. The van der Waals surface area contributed by atoms with Crippen LogP contribution in [0, 0.1) is 0 Å². The predicted molar refractivity (Wildman–Crippen MR) is 71.8 cm³/mol. The van der Waals surface area contributed by atoms with Gasteiger partial charge in [-0.2, -0.15) is 11.8 Å². The summed E-state index contributed by atoms with van der Waals surface area (Å²) in [5, 5.41) is 8.08. The number of thioether (sulfide) groups is 1. The number of nitrogens with zero attached hydrogens (tertiary/aromatic N) is 4. The Kier molecular flexibility index (Phi) is 3.74. The molecule has 3 heterocycles. The molecule has 1 aromatic rings. The maximum atomic E-state index is 12.1. The second-order valence-corrected chi connectivity index (χ2v) is 6.13. The molecule has 0 aliphatic carbocycles. The highest BCUT2D eigenvalue weighted by molar-refractivity contribution is 7.99. The lowest BCUT2D eigenvalue weighted by Crippen LogP contribution is -2.50. The molecule has 1 aromatic heterocycles. The Morgan fingerprint density at radius 3 is 3.37 bits per heavy atom. The van der Waals surface area contributed by atoms with Gasteiger partial charge in [0.2, 0.25) is 5.91 Å². The van der Waals surface area contributed by atoms with Gasteiger partial charge in [0, 0.05) is 13.1 Å². The topological polar surface area (TPSA) is 60.3 Å². The van der Waals surface area contributed by atoms with Crippen LogP contribution in [-0.2, 0) is 16.1 Å². The first-order valence-corrected chi connectivity index (χ1v) is 7.81. The van der Waals surface area contributed by atoms with Gasteiger partial charge in [-0.25, -0.2) is 4.68 Å². The molecule has 0 radical (unpaired) electrons. The van der Waals surface area contributed by atoms with Gasteiger partial charge in [0.15, 0.2) is 0 Å². The summed E-state index contributed by atoms with van der Waals surface area (Å²) < 4.78 is 7.76. The van der Waals surface area contributed by atoms with Crippen LogP contribution in [-0.4, -0.2) is 56.5 Å². The molecule has 2 atom stereocenters. The van der Waals surface area contributed by atoms with Crippen LogP contribution in [0.5, 0.6) is 0 Å². The van der Waals surface area contributed by atoms with Crippen molar-refractivity contribution in [1.82, 2.24) is 19.9 Å². The number of carbonyl (C=O) groups excluding carboxylic acids is 1. The number of likely N-dealkylation sites (tertiary alicyclic amines) is 1. The Balaban J connectivity index is 1.70. The van der Waals surface area contributed by atoms with Crippen molar-refractivity contribution in [2.45, 2.75) is 32.1 Å². The van der Waals surface area contributed by atoms with Crippen molar-refractivity contribution in [2.75, 3.05) is 24.6 Å². The lowest BCUT2D eigenvalue weighted by molar-refractivity contribution is -0.135. The number of piperidine rings is 1. The zero-order valence-electron chi connectivity index (χ0n) is 11.0. The van der Waals surface area contributed by atoms with Gasteiger partial charge in [-0.3, -0.25) is 4.79 Å². The Morgan fingerprint density at radius 2 is 2.53 bits per heavy atom. The van der Waals surface area contributed by atoms with Crippen LogP contribution in [0.1, 0.15) is 25.1 Å². The highest BCUT2D eigenvalue weighted by atomic mass is 32.2. The van der Waals surface area contributed by atoms with Crippen LogP contribution in [0.4, 0.5) is 0 Å². The first kappa shape index (κ1) is 12.9. The Morgan fingerprint density at radius 1 is 1.63 bits per heavy atom. The maximum absolute atomic E-state index is 12.1. The van der Waals surface area contributed by atoms with Crippen molar-refractivity contribution < 1.29 is 9.53 Å². The number of amides is 1. The molecule has 0 spiro atoms. The van der Waals surface area contributed by atoms with E-state index >= 15 is 0 Å². The normalized spacial score (nSPS) is 25.8. The van der Waals surface area contributed by atoms with E-state index in [1.807, 2.05) is 9.58 Å². The SMILES string of the molecule is CCSCC(=O)N1CC[C@H]2OCc3cnnn3[C@H]2C1. The van der Waals surface area contributed by atoms with Gasteiger partial charge in [-0.1, -0.05) is 12.1 Å². The smallest absolute Gasteiger partial charge is 0.232 e. The molecule has 1 saturated heterocycles. The van der Waals surface area contributed by atoms with E-state index < -0.39 is 0 Å². The van der Waals surface area contributed by atoms with Crippen LogP contribution in [0.15, 0.2) is 6.20 Å². The summed E-state index contributed by atoms with van der Waals surface area (Å²) in [6.07, 6.45) is 2.79. The van der Waals surface area contributed by atoms with Gasteiger partial charge >= 0.3 is 0 Å². The third-order valence-corrected chi connectivity index (χ3v) is 4.57. The number of fused-ring (bicyclic) bond motifs is 3. The van der Waals surface area contributed by atoms with Crippen LogP contribution < -0.4 is 0 Å². The molecular weight excluding hydrogens is 264 g/mol. The first-order valence-electron chi connectivity index (χ1n) is 6.65. The van der Waals surface area contributed by atoms with Crippen molar-refractivity contribution in [1.29, 1.82) is 0 Å². The lowest BCUT2D eigenvalue weighted by Gasteiger charge is -2.41. The summed E-state index contributed by atoms with van der Waals surface area (Å²) in [5.74, 6) is 1.76. The van der Waals surface area contributed by atoms with Crippen LogP contribution in [0.3, 0.4) is 0 Å². The van der Waals surface area contributed by atoms with Gasteiger partial charge in [0.25, 0.3) is 0 Å². The zero-order valence-corrected chi connectivity index (χ0v) is 11.8.